The fourth-order valence-corrected chi connectivity index (χ4v) is 3.10. The smallest absolute Gasteiger partial charge is 0.123 e. The average molecular weight is 294 g/mol. The molecule has 1 aliphatic heterocycles. The van der Waals surface area contributed by atoms with Crippen molar-refractivity contribution in [1.82, 2.24) is 14.5 Å². The van der Waals surface area contributed by atoms with Gasteiger partial charge < -0.3 is 9.67 Å². The second-order valence-corrected chi connectivity index (χ2v) is 6.54. The van der Waals surface area contributed by atoms with E-state index >= 15 is 0 Å². The van der Waals surface area contributed by atoms with Crippen LogP contribution in [-0.4, -0.2) is 37.7 Å². The van der Waals surface area contributed by atoms with Crippen molar-refractivity contribution in [3.05, 3.63) is 29.0 Å². The third-order valence-corrected chi connectivity index (χ3v) is 4.81. The molecule has 1 fully saturated rings. The number of halogens is 1. The van der Waals surface area contributed by atoms with Gasteiger partial charge in [0.1, 0.15) is 5.82 Å². The van der Waals surface area contributed by atoms with Crippen LogP contribution >= 0.6 is 11.6 Å². The molecule has 2 aromatic rings. The first-order valence-corrected chi connectivity index (χ1v) is 7.31. The van der Waals surface area contributed by atoms with Gasteiger partial charge in [0.05, 0.1) is 23.7 Å². The molecular formula is C15H20ClN3O. The van der Waals surface area contributed by atoms with Crippen molar-refractivity contribution < 1.29 is 5.11 Å². The molecule has 0 spiro atoms. The van der Waals surface area contributed by atoms with Gasteiger partial charge in [0, 0.05) is 24.2 Å². The molecule has 20 heavy (non-hydrogen) atoms. The highest BCUT2D eigenvalue weighted by Crippen LogP contribution is 2.30. The molecule has 1 saturated heterocycles. The highest BCUT2D eigenvalue weighted by Gasteiger charge is 2.40. The Morgan fingerprint density at radius 2 is 2.20 bits per heavy atom. The van der Waals surface area contributed by atoms with Gasteiger partial charge in [-0.05, 0) is 38.5 Å². The Hall–Kier alpha value is -1.10. The Morgan fingerprint density at radius 1 is 1.45 bits per heavy atom. The van der Waals surface area contributed by atoms with Crippen LogP contribution in [0, 0.1) is 0 Å². The number of imidazole rings is 1. The van der Waals surface area contributed by atoms with Crippen LogP contribution in [0.25, 0.3) is 11.0 Å². The number of hydrogen-bond donors (Lipinski definition) is 1. The molecule has 0 aliphatic carbocycles. The van der Waals surface area contributed by atoms with Crippen LogP contribution in [0.5, 0.6) is 0 Å². The van der Waals surface area contributed by atoms with Gasteiger partial charge in [-0.15, -0.1) is 0 Å². The van der Waals surface area contributed by atoms with Crippen molar-refractivity contribution in [1.29, 1.82) is 0 Å². The summed E-state index contributed by atoms with van der Waals surface area (Å²) in [5, 5.41) is 10.8. The van der Waals surface area contributed by atoms with E-state index in [-0.39, 0.29) is 11.6 Å². The van der Waals surface area contributed by atoms with Crippen molar-refractivity contribution in [2.45, 2.75) is 38.5 Å². The summed E-state index contributed by atoms with van der Waals surface area (Å²) in [6.07, 6.45) is 0.551. The zero-order valence-corrected chi connectivity index (χ0v) is 12.9. The average Bonchev–Trinajstić information content (AvgIpc) is 2.83. The summed E-state index contributed by atoms with van der Waals surface area (Å²) in [4.78, 5) is 6.98. The van der Waals surface area contributed by atoms with Gasteiger partial charge >= 0.3 is 0 Å². The number of hydrogen-bond acceptors (Lipinski definition) is 3. The van der Waals surface area contributed by atoms with E-state index < -0.39 is 0 Å². The number of fused-ring (bicyclic) bond motifs is 1. The highest BCUT2D eigenvalue weighted by molar-refractivity contribution is 6.31. The summed E-state index contributed by atoms with van der Waals surface area (Å²) in [6.45, 7) is 5.82. The van der Waals surface area contributed by atoms with Crippen LogP contribution in [0.2, 0.25) is 5.02 Å². The summed E-state index contributed by atoms with van der Waals surface area (Å²) in [5.74, 6) is 1.00. The predicted octanol–water partition coefficient (Wildman–Crippen LogP) is 2.57. The topological polar surface area (TPSA) is 41.3 Å². The molecule has 1 aromatic heterocycles. The van der Waals surface area contributed by atoms with Crippen LogP contribution in [0.15, 0.2) is 18.2 Å². The van der Waals surface area contributed by atoms with Crippen LogP contribution in [-0.2, 0) is 13.6 Å². The maximum atomic E-state index is 10.1. The first kappa shape index (κ1) is 13.9. The van der Waals surface area contributed by atoms with Gasteiger partial charge in [-0.25, -0.2) is 4.98 Å². The van der Waals surface area contributed by atoms with E-state index in [0.717, 1.165) is 41.4 Å². The number of aliphatic hydroxyl groups is 1. The molecule has 1 N–H and O–H groups in total. The van der Waals surface area contributed by atoms with E-state index in [9.17, 15) is 5.11 Å². The normalized spacial score (nSPS) is 22.8. The molecule has 5 heteroatoms. The molecule has 0 bridgehead atoms. The lowest BCUT2D eigenvalue weighted by molar-refractivity contribution is 0.0490. The fraction of sp³-hybridized carbons (Fsp3) is 0.533. The molecule has 1 unspecified atom stereocenters. The SMILES string of the molecule is Cn1c(CN2CCC(O)C2(C)C)nc2ccc(Cl)cc21. The van der Waals surface area contributed by atoms with Gasteiger partial charge in [-0.3, -0.25) is 4.90 Å². The van der Waals surface area contributed by atoms with E-state index in [1.54, 1.807) is 0 Å². The van der Waals surface area contributed by atoms with Crippen molar-refractivity contribution in [2.75, 3.05) is 6.54 Å². The molecule has 1 aromatic carbocycles. The van der Waals surface area contributed by atoms with Crippen molar-refractivity contribution in [2.24, 2.45) is 7.05 Å². The zero-order valence-electron chi connectivity index (χ0n) is 12.1. The maximum absolute atomic E-state index is 10.1. The van der Waals surface area contributed by atoms with E-state index in [1.807, 2.05) is 25.2 Å². The third kappa shape index (κ3) is 2.12. The molecule has 0 saturated carbocycles. The molecule has 1 atom stereocenters. The second kappa shape index (κ2) is 4.72. The lowest BCUT2D eigenvalue weighted by atomic mass is 9.99. The van der Waals surface area contributed by atoms with Gasteiger partial charge in [0.15, 0.2) is 0 Å². The van der Waals surface area contributed by atoms with Crippen LogP contribution < -0.4 is 0 Å². The Kier molecular flexibility index (Phi) is 3.27. The largest absolute Gasteiger partial charge is 0.391 e. The number of rotatable bonds is 2. The molecule has 3 rings (SSSR count). The van der Waals surface area contributed by atoms with E-state index in [0.29, 0.717) is 0 Å². The minimum atomic E-state index is -0.272. The van der Waals surface area contributed by atoms with Crippen LogP contribution in [0.3, 0.4) is 0 Å². The monoisotopic (exact) mass is 293 g/mol. The number of aliphatic hydroxyl groups excluding tert-OH is 1. The van der Waals surface area contributed by atoms with Crippen molar-refractivity contribution in [3.8, 4) is 0 Å². The summed E-state index contributed by atoms with van der Waals surface area (Å²) < 4.78 is 2.09. The molecule has 0 amide bonds. The zero-order chi connectivity index (χ0) is 14.5. The van der Waals surface area contributed by atoms with E-state index in [2.05, 4.69) is 28.3 Å². The minimum absolute atomic E-state index is 0.199. The number of aryl methyl sites for hydroxylation is 1. The van der Waals surface area contributed by atoms with E-state index in [1.165, 1.54) is 0 Å². The lowest BCUT2D eigenvalue weighted by Gasteiger charge is -2.33. The Morgan fingerprint density at radius 3 is 2.85 bits per heavy atom. The molecule has 2 heterocycles. The Bertz CT molecular complexity index is 650. The Balaban J connectivity index is 1.94. The molecule has 0 radical (unpaired) electrons. The maximum Gasteiger partial charge on any atom is 0.123 e. The molecule has 1 aliphatic rings. The number of nitrogens with zero attached hydrogens (tertiary/aromatic N) is 3. The summed E-state index contributed by atoms with van der Waals surface area (Å²) in [7, 11) is 2.01. The van der Waals surface area contributed by atoms with Crippen molar-refractivity contribution >= 4 is 22.6 Å². The van der Waals surface area contributed by atoms with Gasteiger partial charge in [0.25, 0.3) is 0 Å². The summed E-state index contributed by atoms with van der Waals surface area (Å²) in [5.41, 5.74) is 1.81. The second-order valence-electron chi connectivity index (χ2n) is 6.10. The fourth-order valence-electron chi connectivity index (χ4n) is 2.94. The van der Waals surface area contributed by atoms with Crippen LogP contribution in [0.4, 0.5) is 0 Å². The van der Waals surface area contributed by atoms with Gasteiger partial charge in [-0.1, -0.05) is 11.6 Å². The van der Waals surface area contributed by atoms with E-state index in [4.69, 9.17) is 11.6 Å². The first-order chi connectivity index (χ1) is 9.39. The quantitative estimate of drug-likeness (QED) is 0.925. The molecule has 108 valence electrons. The van der Waals surface area contributed by atoms with Crippen molar-refractivity contribution in [3.63, 3.8) is 0 Å². The van der Waals surface area contributed by atoms with Gasteiger partial charge in [0.2, 0.25) is 0 Å². The number of benzene rings is 1. The minimum Gasteiger partial charge on any atom is -0.391 e. The van der Waals surface area contributed by atoms with Gasteiger partial charge in [-0.2, -0.15) is 0 Å². The predicted molar refractivity (Wildman–Crippen MR) is 80.8 cm³/mol. The first-order valence-electron chi connectivity index (χ1n) is 6.93. The summed E-state index contributed by atoms with van der Waals surface area (Å²) >= 11 is 6.05. The standard InChI is InChI=1S/C15H20ClN3O/c1-15(2)13(20)6-7-19(15)9-14-17-11-5-4-10(16)8-12(11)18(14)3/h4-5,8,13,20H,6-7,9H2,1-3H3. The molecule has 4 nitrogen and oxygen atoms in total. The number of likely N-dealkylation sites (tertiary alicyclic amines) is 1. The lowest BCUT2D eigenvalue weighted by Crippen LogP contribution is -2.44. The Labute approximate surface area is 124 Å². The van der Waals surface area contributed by atoms with Crippen LogP contribution in [0.1, 0.15) is 26.1 Å². The third-order valence-electron chi connectivity index (χ3n) is 4.57. The highest BCUT2D eigenvalue weighted by atomic mass is 35.5. The molecular weight excluding hydrogens is 274 g/mol. The number of aromatic nitrogens is 2. The summed E-state index contributed by atoms with van der Waals surface area (Å²) in [6, 6.07) is 5.76.